The minimum absolute atomic E-state index is 0.207. The monoisotopic (exact) mass is 489 g/mol. The summed E-state index contributed by atoms with van der Waals surface area (Å²) in [5.41, 5.74) is 0.370. The lowest BCUT2D eigenvalue weighted by molar-refractivity contribution is -0.135. The van der Waals surface area contributed by atoms with E-state index < -0.39 is 17.4 Å². The highest BCUT2D eigenvalue weighted by molar-refractivity contribution is 5.92. The minimum atomic E-state index is -0.766. The third-order valence-corrected chi connectivity index (χ3v) is 6.78. The van der Waals surface area contributed by atoms with E-state index >= 15 is 0 Å². The van der Waals surface area contributed by atoms with Gasteiger partial charge in [-0.1, -0.05) is 60.7 Å². The molecule has 3 aliphatic rings. The molecule has 2 N–H and O–H groups in total. The van der Waals surface area contributed by atoms with Crippen LogP contribution in [0.1, 0.15) is 25.0 Å². The van der Waals surface area contributed by atoms with E-state index in [9.17, 15) is 9.59 Å². The number of amides is 2. The summed E-state index contributed by atoms with van der Waals surface area (Å²) in [4.78, 5) is 27.0. The van der Waals surface area contributed by atoms with Crippen molar-refractivity contribution in [3.63, 3.8) is 0 Å². The van der Waals surface area contributed by atoms with Crippen LogP contribution in [-0.4, -0.2) is 66.3 Å². The molecule has 36 heavy (non-hydrogen) atoms. The van der Waals surface area contributed by atoms with Crippen molar-refractivity contribution in [2.45, 2.75) is 43.7 Å². The van der Waals surface area contributed by atoms with Gasteiger partial charge in [-0.15, -0.1) is 0 Å². The van der Waals surface area contributed by atoms with Crippen molar-refractivity contribution in [3.8, 4) is 0 Å². The highest BCUT2D eigenvalue weighted by atomic mass is 16.7. The number of nitrogens with zero attached hydrogens (tertiary/aromatic N) is 1. The van der Waals surface area contributed by atoms with E-state index in [2.05, 4.69) is 15.5 Å². The molecule has 5 atom stereocenters. The first-order valence-corrected chi connectivity index (χ1v) is 12.1. The maximum Gasteiger partial charge on any atom is 0.244 e. The number of hydrogen-bond donors (Lipinski definition) is 2. The Hall–Kier alpha value is -3.30. The maximum atomic E-state index is 12.4. The van der Waals surface area contributed by atoms with E-state index in [4.69, 9.17) is 14.2 Å². The third kappa shape index (κ3) is 4.99. The van der Waals surface area contributed by atoms with Crippen LogP contribution in [0.2, 0.25) is 0 Å². The van der Waals surface area contributed by atoms with E-state index in [1.54, 1.807) is 12.2 Å². The molecule has 0 radical (unpaired) electrons. The van der Waals surface area contributed by atoms with Gasteiger partial charge in [0, 0.05) is 12.2 Å². The second-order valence-corrected chi connectivity index (χ2v) is 9.72. The largest absolute Gasteiger partial charge is 0.356 e. The molecule has 8 nitrogen and oxygen atoms in total. The molecule has 0 aliphatic carbocycles. The van der Waals surface area contributed by atoms with E-state index in [-0.39, 0.29) is 37.4 Å². The topological polar surface area (TPSA) is 89.1 Å². The fraction of sp³-hybridized carbons (Fsp3) is 0.357. The van der Waals surface area contributed by atoms with E-state index in [1.807, 2.05) is 74.5 Å². The molecule has 2 aromatic carbocycles. The summed E-state index contributed by atoms with van der Waals surface area (Å²) in [7, 11) is 0. The van der Waals surface area contributed by atoms with Gasteiger partial charge in [0.15, 0.2) is 0 Å². The van der Waals surface area contributed by atoms with Gasteiger partial charge >= 0.3 is 0 Å². The molecule has 0 unspecified atom stereocenters. The zero-order valence-electron chi connectivity index (χ0n) is 20.4. The molecule has 0 bridgehead atoms. The van der Waals surface area contributed by atoms with Crippen molar-refractivity contribution >= 4 is 24.0 Å². The normalized spacial score (nSPS) is 31.2. The van der Waals surface area contributed by atoms with Crippen LogP contribution < -0.4 is 10.6 Å². The van der Waals surface area contributed by atoms with Gasteiger partial charge in [-0.25, -0.2) is 4.90 Å². The van der Waals surface area contributed by atoms with Crippen molar-refractivity contribution in [2.75, 3.05) is 19.7 Å². The highest BCUT2D eigenvalue weighted by Crippen LogP contribution is 2.48. The zero-order chi connectivity index (χ0) is 25.2. The number of carbonyl (C=O) groups is 2. The van der Waals surface area contributed by atoms with E-state index in [1.165, 1.54) is 12.2 Å². The lowest BCUT2D eigenvalue weighted by Crippen LogP contribution is -2.51. The standard InChI is InChI=1S/C28H31N3O5/c1-27(18-29-22(32)15-13-20-9-5-3-6-10-20)25-31-24(17-34-25)35-28(2,26(31)36-27)19-30-23(33)16-14-21-11-7-4-8-12-21/h3-16,24-26H,17-19H2,1-2H3,(H,29,32)(H,30,33)/b15-13+,16-14+/t24-,25-,26-,27+,28+/m0/s1. The Morgan fingerprint density at radius 2 is 1.33 bits per heavy atom. The molecule has 3 saturated heterocycles. The summed E-state index contributed by atoms with van der Waals surface area (Å²) in [5.74, 6) is -0.413. The third-order valence-electron chi connectivity index (χ3n) is 6.78. The SMILES string of the molecule is C[C@]1(CNC(=O)/C=C/c2ccccc2)O[C@H]2CO[C@@H]3N2[C@H]1O[C@]3(C)CNC(=O)/C=C/c1ccccc1. The molecule has 3 heterocycles. The van der Waals surface area contributed by atoms with Gasteiger partial charge < -0.3 is 24.8 Å². The molecule has 8 heteroatoms. The number of hydrogen-bond acceptors (Lipinski definition) is 6. The lowest BCUT2D eigenvalue weighted by Gasteiger charge is -2.32. The number of benzene rings is 2. The molecule has 0 saturated carbocycles. The molecule has 5 rings (SSSR count). The van der Waals surface area contributed by atoms with Crippen molar-refractivity contribution in [1.82, 2.24) is 15.5 Å². The first-order valence-electron chi connectivity index (χ1n) is 12.1. The fourth-order valence-electron chi connectivity index (χ4n) is 4.91. The summed E-state index contributed by atoms with van der Waals surface area (Å²) in [5, 5.41) is 5.88. The smallest absolute Gasteiger partial charge is 0.244 e. The minimum Gasteiger partial charge on any atom is -0.356 e. The Morgan fingerprint density at radius 3 is 1.86 bits per heavy atom. The first kappa shape index (κ1) is 24.4. The van der Waals surface area contributed by atoms with Gasteiger partial charge in [-0.3, -0.25) is 9.59 Å². The first-order chi connectivity index (χ1) is 17.4. The molecular formula is C28H31N3O5. The predicted molar refractivity (Wildman–Crippen MR) is 135 cm³/mol. The predicted octanol–water partition coefficient (Wildman–Crippen LogP) is 2.53. The van der Waals surface area contributed by atoms with Crippen LogP contribution in [0.15, 0.2) is 72.8 Å². The number of carbonyl (C=O) groups excluding carboxylic acids is 2. The average Bonchev–Trinajstić information content (AvgIpc) is 3.53. The number of nitrogens with one attached hydrogen (secondary N) is 2. The Balaban J connectivity index is 1.19. The van der Waals surface area contributed by atoms with Crippen LogP contribution in [0.5, 0.6) is 0 Å². The van der Waals surface area contributed by atoms with Crippen molar-refractivity contribution < 1.29 is 23.8 Å². The second-order valence-electron chi connectivity index (χ2n) is 9.72. The molecule has 3 fully saturated rings. The van der Waals surface area contributed by atoms with Gasteiger partial charge in [-0.2, -0.15) is 0 Å². The summed E-state index contributed by atoms with van der Waals surface area (Å²) < 4.78 is 18.7. The molecule has 0 spiro atoms. The van der Waals surface area contributed by atoms with Gasteiger partial charge in [0.05, 0.1) is 19.7 Å². The Morgan fingerprint density at radius 1 is 0.833 bits per heavy atom. The number of rotatable bonds is 8. The van der Waals surface area contributed by atoms with Crippen LogP contribution in [0.4, 0.5) is 0 Å². The van der Waals surface area contributed by atoms with Crippen LogP contribution in [-0.2, 0) is 23.8 Å². The van der Waals surface area contributed by atoms with Crippen molar-refractivity contribution in [2.24, 2.45) is 0 Å². The summed E-state index contributed by atoms with van der Waals surface area (Å²) in [6.07, 6.45) is 5.52. The van der Waals surface area contributed by atoms with Gasteiger partial charge in [0.25, 0.3) is 0 Å². The van der Waals surface area contributed by atoms with Gasteiger partial charge in [0.2, 0.25) is 11.8 Å². The van der Waals surface area contributed by atoms with E-state index in [0.29, 0.717) is 6.61 Å². The summed E-state index contributed by atoms with van der Waals surface area (Å²) >= 11 is 0. The van der Waals surface area contributed by atoms with Gasteiger partial charge in [-0.05, 0) is 37.1 Å². The lowest BCUT2D eigenvalue weighted by atomic mass is 10.1. The van der Waals surface area contributed by atoms with Crippen LogP contribution in [0.3, 0.4) is 0 Å². The van der Waals surface area contributed by atoms with Crippen LogP contribution >= 0.6 is 0 Å². The van der Waals surface area contributed by atoms with Crippen molar-refractivity contribution in [3.05, 3.63) is 83.9 Å². The fourth-order valence-corrected chi connectivity index (χ4v) is 4.91. The zero-order valence-corrected chi connectivity index (χ0v) is 20.4. The molecule has 188 valence electrons. The van der Waals surface area contributed by atoms with Gasteiger partial charge in [0.1, 0.15) is 29.9 Å². The van der Waals surface area contributed by atoms with Crippen LogP contribution in [0, 0.1) is 0 Å². The average molecular weight is 490 g/mol. The Kier molecular flexibility index (Phi) is 6.77. The molecular weight excluding hydrogens is 458 g/mol. The maximum absolute atomic E-state index is 12.4. The Labute approximate surface area is 210 Å². The summed E-state index contributed by atoms with van der Waals surface area (Å²) in [6.45, 7) is 4.82. The highest BCUT2D eigenvalue weighted by Gasteiger charge is 2.67. The molecule has 2 amide bonds. The van der Waals surface area contributed by atoms with E-state index in [0.717, 1.165) is 11.1 Å². The second kappa shape index (κ2) is 9.99. The molecule has 2 aromatic rings. The summed E-state index contributed by atoms with van der Waals surface area (Å²) in [6, 6.07) is 19.3. The number of ether oxygens (including phenoxy) is 3. The molecule has 0 aromatic heterocycles. The van der Waals surface area contributed by atoms with Crippen molar-refractivity contribution in [1.29, 1.82) is 0 Å². The quantitative estimate of drug-likeness (QED) is 0.554. The Bertz CT molecular complexity index is 1090. The van der Waals surface area contributed by atoms with Crippen LogP contribution in [0.25, 0.3) is 12.2 Å². The molecule has 3 aliphatic heterocycles.